The first kappa shape index (κ1) is 15.0. The molecule has 1 fully saturated rings. The largest absolute Gasteiger partial charge is 0.380 e. The van der Waals surface area contributed by atoms with Crippen molar-refractivity contribution in [2.45, 2.75) is 51.6 Å². The Morgan fingerprint density at radius 1 is 1.37 bits per heavy atom. The molecule has 0 amide bonds. The van der Waals surface area contributed by atoms with Crippen LogP contribution in [0.1, 0.15) is 40.0 Å². The van der Waals surface area contributed by atoms with E-state index in [9.17, 15) is 0 Å². The Balaban J connectivity index is 1.77. The zero-order valence-electron chi connectivity index (χ0n) is 13.0. The predicted octanol–water partition coefficient (Wildman–Crippen LogP) is 2.43. The van der Waals surface area contributed by atoms with Crippen LogP contribution in [0.25, 0.3) is 0 Å². The topological polar surface area (TPSA) is 24.5 Å². The third-order valence-corrected chi connectivity index (χ3v) is 4.41. The Bertz CT molecular complexity index is 319. The van der Waals surface area contributed by atoms with Gasteiger partial charge in [0, 0.05) is 31.8 Å². The zero-order chi connectivity index (χ0) is 13.9. The Morgan fingerprint density at radius 3 is 2.63 bits per heavy atom. The van der Waals surface area contributed by atoms with Gasteiger partial charge in [0.15, 0.2) is 0 Å². The van der Waals surface area contributed by atoms with Crippen LogP contribution >= 0.6 is 0 Å². The molecule has 3 nitrogen and oxygen atoms in total. The maximum atomic E-state index is 5.22. The van der Waals surface area contributed by atoms with Crippen LogP contribution in [0.3, 0.4) is 0 Å². The van der Waals surface area contributed by atoms with E-state index in [1.807, 2.05) is 0 Å². The molecule has 1 aliphatic carbocycles. The first-order valence-electron chi connectivity index (χ1n) is 7.65. The first-order valence-corrected chi connectivity index (χ1v) is 7.65. The molecule has 2 aliphatic rings. The van der Waals surface area contributed by atoms with E-state index in [-0.39, 0.29) is 5.54 Å². The maximum absolute atomic E-state index is 5.22. The number of ether oxygens (including phenoxy) is 1. The summed E-state index contributed by atoms with van der Waals surface area (Å²) in [5.41, 5.74) is 1.72. The fraction of sp³-hybridized carbons (Fsp3) is 0.875. The van der Waals surface area contributed by atoms with Gasteiger partial charge in [-0.05, 0) is 58.1 Å². The van der Waals surface area contributed by atoms with Crippen molar-refractivity contribution in [3.8, 4) is 0 Å². The molecule has 110 valence electrons. The predicted molar refractivity (Wildman–Crippen MR) is 80.4 cm³/mol. The smallest absolute Gasteiger partial charge is 0.0673 e. The number of hydrogen-bond acceptors (Lipinski definition) is 3. The van der Waals surface area contributed by atoms with Crippen LogP contribution in [0.15, 0.2) is 11.6 Å². The van der Waals surface area contributed by atoms with Gasteiger partial charge in [-0.2, -0.15) is 0 Å². The molecule has 0 aromatic carbocycles. The molecule has 1 N–H and O–H groups in total. The molecule has 0 saturated heterocycles. The lowest BCUT2D eigenvalue weighted by atomic mass is 9.77. The lowest BCUT2D eigenvalue weighted by molar-refractivity contribution is 0.0629. The van der Waals surface area contributed by atoms with Gasteiger partial charge >= 0.3 is 0 Å². The van der Waals surface area contributed by atoms with E-state index in [0.29, 0.717) is 0 Å². The molecule has 0 aromatic rings. The molecule has 19 heavy (non-hydrogen) atoms. The van der Waals surface area contributed by atoms with Gasteiger partial charge in [-0.25, -0.2) is 0 Å². The van der Waals surface area contributed by atoms with Crippen molar-refractivity contribution in [3.05, 3.63) is 11.6 Å². The molecule has 3 heteroatoms. The van der Waals surface area contributed by atoms with E-state index in [1.54, 1.807) is 7.11 Å². The molecule has 0 bridgehead atoms. The summed E-state index contributed by atoms with van der Waals surface area (Å²) in [7, 11) is 1.79. The minimum Gasteiger partial charge on any atom is -0.380 e. The van der Waals surface area contributed by atoms with E-state index >= 15 is 0 Å². The van der Waals surface area contributed by atoms with Crippen LogP contribution in [0.2, 0.25) is 0 Å². The number of nitrogens with one attached hydrogen (secondary N) is 1. The summed E-state index contributed by atoms with van der Waals surface area (Å²) >= 11 is 0. The lowest BCUT2D eigenvalue weighted by Crippen LogP contribution is -2.53. The molecule has 1 saturated carbocycles. The second-order valence-electron chi connectivity index (χ2n) is 7.08. The first-order chi connectivity index (χ1) is 8.99. The molecule has 0 radical (unpaired) electrons. The van der Waals surface area contributed by atoms with Gasteiger partial charge in [0.2, 0.25) is 0 Å². The molecular weight excluding hydrogens is 236 g/mol. The number of methoxy groups -OCH3 is 1. The minimum absolute atomic E-state index is 0.244. The molecule has 1 aliphatic heterocycles. The Hall–Kier alpha value is -0.380. The highest BCUT2D eigenvalue weighted by Crippen LogP contribution is 2.33. The quantitative estimate of drug-likeness (QED) is 0.774. The maximum Gasteiger partial charge on any atom is 0.0673 e. The van der Waals surface area contributed by atoms with E-state index in [1.165, 1.54) is 37.9 Å². The van der Waals surface area contributed by atoms with E-state index in [4.69, 9.17) is 4.74 Å². The van der Waals surface area contributed by atoms with Crippen LogP contribution in [-0.4, -0.2) is 49.8 Å². The monoisotopic (exact) mass is 266 g/mol. The van der Waals surface area contributed by atoms with Crippen LogP contribution in [-0.2, 0) is 4.74 Å². The normalized spacial score (nSPS) is 28.9. The van der Waals surface area contributed by atoms with Crippen LogP contribution in [0.4, 0.5) is 0 Å². The van der Waals surface area contributed by atoms with Crippen molar-refractivity contribution >= 4 is 0 Å². The van der Waals surface area contributed by atoms with E-state index in [2.05, 4.69) is 37.1 Å². The Morgan fingerprint density at radius 2 is 2.16 bits per heavy atom. The van der Waals surface area contributed by atoms with E-state index in [0.717, 1.165) is 25.1 Å². The van der Waals surface area contributed by atoms with Crippen molar-refractivity contribution in [1.82, 2.24) is 10.2 Å². The summed E-state index contributed by atoms with van der Waals surface area (Å²) in [6.45, 7) is 11.1. The fourth-order valence-corrected chi connectivity index (χ4v) is 3.05. The number of nitrogens with zero attached hydrogens (tertiary/aromatic N) is 1. The summed E-state index contributed by atoms with van der Waals surface area (Å²) in [5.74, 6) is 0.844. The zero-order valence-corrected chi connectivity index (χ0v) is 13.0. The second kappa shape index (κ2) is 6.38. The van der Waals surface area contributed by atoms with Gasteiger partial charge in [0.25, 0.3) is 0 Å². The summed E-state index contributed by atoms with van der Waals surface area (Å²) in [5, 5.41) is 3.66. The minimum atomic E-state index is 0.244. The van der Waals surface area contributed by atoms with Crippen molar-refractivity contribution in [1.29, 1.82) is 0 Å². The molecule has 0 aromatic heterocycles. The van der Waals surface area contributed by atoms with Gasteiger partial charge in [0.05, 0.1) is 6.61 Å². The standard InChI is InChI=1S/C16H30N2O/c1-16(2,3)17-11-14-5-6-15(14)18-9-7-13(8-10-18)12-19-4/h7,14-15,17H,5-6,8-12H2,1-4H3. The van der Waals surface area contributed by atoms with Gasteiger partial charge in [-0.1, -0.05) is 6.08 Å². The van der Waals surface area contributed by atoms with Crippen LogP contribution in [0, 0.1) is 5.92 Å². The molecule has 2 unspecified atom stereocenters. The van der Waals surface area contributed by atoms with Crippen molar-refractivity contribution in [2.24, 2.45) is 5.92 Å². The summed E-state index contributed by atoms with van der Waals surface area (Å²) in [6.07, 6.45) is 6.33. The van der Waals surface area contributed by atoms with Gasteiger partial charge < -0.3 is 10.1 Å². The lowest BCUT2D eigenvalue weighted by Gasteiger charge is -2.46. The highest BCUT2D eigenvalue weighted by molar-refractivity contribution is 5.09. The molecule has 2 atom stereocenters. The van der Waals surface area contributed by atoms with Crippen molar-refractivity contribution < 1.29 is 4.74 Å². The highest BCUT2D eigenvalue weighted by Gasteiger charge is 2.35. The third kappa shape index (κ3) is 4.30. The summed E-state index contributed by atoms with van der Waals surface area (Å²) in [6, 6.07) is 0.801. The second-order valence-corrected chi connectivity index (χ2v) is 7.08. The average molecular weight is 266 g/mol. The molecular formula is C16H30N2O. The Kier molecular flexibility index (Phi) is 5.04. The summed E-state index contributed by atoms with van der Waals surface area (Å²) in [4.78, 5) is 2.66. The number of hydrogen-bond donors (Lipinski definition) is 1. The fourth-order valence-electron chi connectivity index (χ4n) is 3.05. The number of rotatable bonds is 5. The molecule has 2 rings (SSSR count). The van der Waals surface area contributed by atoms with Crippen LogP contribution in [0.5, 0.6) is 0 Å². The highest BCUT2D eigenvalue weighted by atomic mass is 16.5. The van der Waals surface area contributed by atoms with Gasteiger partial charge in [0.1, 0.15) is 0 Å². The van der Waals surface area contributed by atoms with Gasteiger partial charge in [-0.3, -0.25) is 4.90 Å². The third-order valence-electron chi connectivity index (χ3n) is 4.41. The van der Waals surface area contributed by atoms with Crippen molar-refractivity contribution in [2.75, 3.05) is 33.4 Å². The summed E-state index contributed by atoms with van der Waals surface area (Å²) < 4.78 is 5.22. The molecule has 0 spiro atoms. The SMILES string of the molecule is COCC1=CCN(C2CCC2CNC(C)(C)C)CC1. The Labute approximate surface area is 118 Å². The van der Waals surface area contributed by atoms with E-state index < -0.39 is 0 Å². The molecule has 1 heterocycles. The van der Waals surface area contributed by atoms with Crippen LogP contribution < -0.4 is 5.32 Å². The van der Waals surface area contributed by atoms with Crippen molar-refractivity contribution in [3.63, 3.8) is 0 Å². The van der Waals surface area contributed by atoms with Gasteiger partial charge in [-0.15, -0.1) is 0 Å². The average Bonchev–Trinajstić information content (AvgIpc) is 2.29.